The maximum atomic E-state index is 5.80. The van der Waals surface area contributed by atoms with Gasteiger partial charge in [0.05, 0.1) is 13.1 Å². The van der Waals surface area contributed by atoms with Gasteiger partial charge in [-0.3, -0.25) is 9.58 Å². The fourth-order valence-electron chi connectivity index (χ4n) is 3.02. The number of rotatable bonds is 5. The average molecular weight is 288 g/mol. The van der Waals surface area contributed by atoms with Crippen LogP contribution in [0.25, 0.3) is 0 Å². The number of aromatic nitrogens is 5. The molecule has 1 saturated heterocycles. The van der Waals surface area contributed by atoms with E-state index in [0.29, 0.717) is 12.0 Å². The average Bonchev–Trinajstić information content (AvgIpc) is 3.03. The topological polar surface area (TPSA) is 72.9 Å². The molecule has 1 atom stereocenters. The first-order valence-electron chi connectivity index (χ1n) is 7.77. The van der Waals surface area contributed by atoms with Gasteiger partial charge in [-0.25, -0.2) is 4.98 Å². The molecule has 0 radical (unpaired) electrons. The molecule has 112 valence electrons. The summed E-state index contributed by atoms with van der Waals surface area (Å²) >= 11 is 0. The molecule has 2 aromatic heterocycles. The smallest absolute Gasteiger partial charge is 0.230 e. The van der Waals surface area contributed by atoms with Gasteiger partial charge in [0.25, 0.3) is 0 Å². The molecule has 0 amide bonds. The second-order valence-electron chi connectivity index (χ2n) is 6.05. The molecular formula is C14H20N6O. The lowest BCUT2D eigenvalue weighted by Gasteiger charge is -2.34. The number of nitrogens with zero attached hydrogens (tertiary/aromatic N) is 6. The van der Waals surface area contributed by atoms with Gasteiger partial charge in [-0.2, -0.15) is 5.10 Å². The SMILES string of the molecule is c1ncn(C[C@@H]2CCCCN2Cc2nnc(C3CC3)o2)n1. The molecule has 0 aromatic carbocycles. The van der Waals surface area contributed by atoms with E-state index in [1.807, 2.05) is 4.68 Å². The molecule has 1 saturated carbocycles. The quantitative estimate of drug-likeness (QED) is 0.832. The number of likely N-dealkylation sites (tertiary alicyclic amines) is 1. The van der Waals surface area contributed by atoms with Crippen molar-refractivity contribution in [2.75, 3.05) is 6.54 Å². The van der Waals surface area contributed by atoms with E-state index in [4.69, 9.17) is 4.42 Å². The summed E-state index contributed by atoms with van der Waals surface area (Å²) in [5.41, 5.74) is 0. The zero-order valence-corrected chi connectivity index (χ0v) is 12.1. The van der Waals surface area contributed by atoms with Crippen molar-refractivity contribution in [3.8, 4) is 0 Å². The highest BCUT2D eigenvalue weighted by Gasteiger charge is 2.30. The fourth-order valence-corrected chi connectivity index (χ4v) is 3.02. The van der Waals surface area contributed by atoms with Gasteiger partial charge < -0.3 is 4.42 Å². The molecule has 0 N–H and O–H groups in total. The van der Waals surface area contributed by atoms with Crippen LogP contribution in [0.2, 0.25) is 0 Å². The fraction of sp³-hybridized carbons (Fsp3) is 0.714. The summed E-state index contributed by atoms with van der Waals surface area (Å²) < 4.78 is 7.70. The standard InChI is InChI=1S/C14H20N6O/c1-2-6-19(12(3-1)7-20-10-15-9-16-20)8-13-17-18-14(21-13)11-4-5-11/h9-12H,1-8H2/t12-/m0/s1. The molecule has 3 heterocycles. The predicted octanol–water partition coefficient (Wildman–Crippen LogP) is 1.59. The Morgan fingerprint density at radius 2 is 2.14 bits per heavy atom. The van der Waals surface area contributed by atoms with Crippen molar-refractivity contribution in [1.82, 2.24) is 29.9 Å². The minimum absolute atomic E-state index is 0.469. The van der Waals surface area contributed by atoms with E-state index in [9.17, 15) is 0 Å². The van der Waals surface area contributed by atoms with E-state index in [1.54, 1.807) is 12.7 Å². The van der Waals surface area contributed by atoms with Gasteiger partial charge in [-0.05, 0) is 32.2 Å². The molecule has 0 spiro atoms. The molecule has 7 heteroatoms. The van der Waals surface area contributed by atoms with Crippen molar-refractivity contribution in [2.24, 2.45) is 0 Å². The van der Waals surface area contributed by atoms with Crippen LogP contribution in [0.15, 0.2) is 17.1 Å². The molecule has 2 fully saturated rings. The minimum Gasteiger partial charge on any atom is -0.424 e. The van der Waals surface area contributed by atoms with Gasteiger partial charge in [-0.15, -0.1) is 10.2 Å². The van der Waals surface area contributed by atoms with Crippen molar-refractivity contribution < 1.29 is 4.42 Å². The first-order valence-corrected chi connectivity index (χ1v) is 7.77. The van der Waals surface area contributed by atoms with E-state index in [1.165, 1.54) is 32.1 Å². The second kappa shape index (κ2) is 5.55. The van der Waals surface area contributed by atoms with E-state index < -0.39 is 0 Å². The minimum atomic E-state index is 0.469. The summed E-state index contributed by atoms with van der Waals surface area (Å²) in [5.74, 6) is 2.11. The number of hydrogen-bond donors (Lipinski definition) is 0. The van der Waals surface area contributed by atoms with Gasteiger partial charge >= 0.3 is 0 Å². The van der Waals surface area contributed by atoms with Crippen molar-refractivity contribution >= 4 is 0 Å². The Labute approximate surface area is 123 Å². The Morgan fingerprint density at radius 1 is 1.19 bits per heavy atom. The Bertz CT molecular complexity index is 576. The highest BCUT2D eigenvalue weighted by atomic mass is 16.4. The monoisotopic (exact) mass is 288 g/mol. The Hall–Kier alpha value is -1.76. The number of hydrogen-bond acceptors (Lipinski definition) is 6. The van der Waals surface area contributed by atoms with Crippen molar-refractivity contribution in [3.63, 3.8) is 0 Å². The lowest BCUT2D eigenvalue weighted by atomic mass is 10.0. The van der Waals surface area contributed by atoms with Crippen molar-refractivity contribution in [2.45, 2.75) is 57.2 Å². The molecule has 0 bridgehead atoms. The predicted molar refractivity (Wildman–Crippen MR) is 74.3 cm³/mol. The molecular weight excluding hydrogens is 268 g/mol. The van der Waals surface area contributed by atoms with Gasteiger partial charge in [0.1, 0.15) is 12.7 Å². The van der Waals surface area contributed by atoms with E-state index >= 15 is 0 Å². The lowest BCUT2D eigenvalue weighted by Crippen LogP contribution is -2.41. The van der Waals surface area contributed by atoms with Gasteiger partial charge in [0, 0.05) is 12.0 Å². The van der Waals surface area contributed by atoms with Crippen LogP contribution in [0.4, 0.5) is 0 Å². The van der Waals surface area contributed by atoms with Crippen LogP contribution in [0, 0.1) is 0 Å². The lowest BCUT2D eigenvalue weighted by molar-refractivity contribution is 0.110. The van der Waals surface area contributed by atoms with Crippen molar-refractivity contribution in [1.29, 1.82) is 0 Å². The number of piperidine rings is 1. The molecule has 0 unspecified atom stereocenters. The highest BCUT2D eigenvalue weighted by molar-refractivity contribution is 5.00. The summed E-state index contributed by atoms with van der Waals surface area (Å²) in [6.07, 6.45) is 9.45. The van der Waals surface area contributed by atoms with E-state index in [0.717, 1.165) is 31.4 Å². The normalized spacial score (nSPS) is 23.5. The molecule has 2 aromatic rings. The van der Waals surface area contributed by atoms with Crippen LogP contribution in [-0.2, 0) is 13.1 Å². The van der Waals surface area contributed by atoms with Gasteiger partial charge in [0.2, 0.25) is 11.8 Å². The Balaban J connectivity index is 1.42. The summed E-state index contributed by atoms with van der Waals surface area (Å²) in [6, 6.07) is 0.469. The summed E-state index contributed by atoms with van der Waals surface area (Å²) in [6.45, 7) is 2.71. The molecule has 7 nitrogen and oxygen atoms in total. The maximum absolute atomic E-state index is 5.80. The van der Waals surface area contributed by atoms with Crippen LogP contribution in [-0.4, -0.2) is 42.4 Å². The van der Waals surface area contributed by atoms with Gasteiger partial charge in [-0.1, -0.05) is 6.42 Å². The van der Waals surface area contributed by atoms with Crippen LogP contribution >= 0.6 is 0 Å². The summed E-state index contributed by atoms with van der Waals surface area (Å²) in [5, 5.41) is 12.6. The third-order valence-corrected chi connectivity index (χ3v) is 4.36. The maximum Gasteiger partial charge on any atom is 0.230 e. The highest BCUT2D eigenvalue weighted by Crippen LogP contribution is 2.39. The van der Waals surface area contributed by atoms with Crippen LogP contribution in [0.5, 0.6) is 0 Å². The molecule has 1 aliphatic heterocycles. The summed E-state index contributed by atoms with van der Waals surface area (Å²) in [4.78, 5) is 6.46. The molecule has 1 aliphatic carbocycles. The third kappa shape index (κ3) is 2.97. The molecule has 21 heavy (non-hydrogen) atoms. The largest absolute Gasteiger partial charge is 0.424 e. The van der Waals surface area contributed by atoms with Crippen molar-refractivity contribution in [3.05, 3.63) is 24.4 Å². The zero-order valence-electron chi connectivity index (χ0n) is 12.1. The zero-order chi connectivity index (χ0) is 14.1. The first kappa shape index (κ1) is 12.9. The second-order valence-corrected chi connectivity index (χ2v) is 6.05. The van der Waals surface area contributed by atoms with Crippen LogP contribution in [0.1, 0.15) is 49.8 Å². The first-order chi connectivity index (χ1) is 10.4. The Kier molecular flexibility index (Phi) is 3.42. The van der Waals surface area contributed by atoms with Gasteiger partial charge in [0.15, 0.2) is 0 Å². The van der Waals surface area contributed by atoms with Crippen LogP contribution in [0.3, 0.4) is 0 Å². The van der Waals surface area contributed by atoms with E-state index in [2.05, 4.69) is 25.2 Å². The third-order valence-electron chi connectivity index (χ3n) is 4.36. The summed E-state index contributed by atoms with van der Waals surface area (Å²) in [7, 11) is 0. The Morgan fingerprint density at radius 3 is 2.95 bits per heavy atom. The molecule has 4 rings (SSSR count). The van der Waals surface area contributed by atoms with E-state index in [-0.39, 0.29) is 0 Å². The molecule has 2 aliphatic rings. The van der Waals surface area contributed by atoms with Crippen LogP contribution < -0.4 is 0 Å².